The highest BCUT2D eigenvalue weighted by Gasteiger charge is 2.22. The van der Waals surface area contributed by atoms with Gasteiger partial charge in [-0.05, 0) is 63.2 Å². The zero-order valence-corrected chi connectivity index (χ0v) is 15.6. The Hall–Kier alpha value is -0.480. The lowest BCUT2D eigenvalue weighted by molar-refractivity contribution is 0.601. The molecule has 0 amide bonds. The van der Waals surface area contributed by atoms with Crippen LogP contribution >= 0.6 is 43.2 Å². The van der Waals surface area contributed by atoms with Crippen molar-refractivity contribution in [3.63, 3.8) is 0 Å². The van der Waals surface area contributed by atoms with E-state index in [0.29, 0.717) is 14.8 Å². The van der Waals surface area contributed by atoms with Crippen molar-refractivity contribution in [2.75, 3.05) is 11.8 Å². The Balaban J connectivity index is 2.36. The lowest BCUT2D eigenvalue weighted by Gasteiger charge is -2.09. The number of anilines is 1. The lowest BCUT2D eigenvalue weighted by Crippen LogP contribution is -2.13. The fourth-order valence-electron chi connectivity index (χ4n) is 1.62. The van der Waals surface area contributed by atoms with Crippen LogP contribution in [-0.2, 0) is 16.6 Å². The van der Waals surface area contributed by atoms with Gasteiger partial charge in [0.15, 0.2) is 0 Å². The molecule has 1 aromatic carbocycles. The third-order valence-electron chi connectivity index (χ3n) is 2.52. The molecule has 0 saturated heterocycles. The van der Waals surface area contributed by atoms with Gasteiger partial charge in [-0.3, -0.25) is 4.72 Å². The van der Waals surface area contributed by atoms with E-state index in [2.05, 4.69) is 41.9 Å². The quantitative estimate of drug-likeness (QED) is 0.714. The van der Waals surface area contributed by atoms with Crippen molar-refractivity contribution in [1.29, 1.82) is 0 Å². The average Bonchev–Trinajstić information content (AvgIpc) is 2.76. The van der Waals surface area contributed by atoms with Crippen molar-refractivity contribution in [3.8, 4) is 0 Å². The minimum atomic E-state index is -3.79. The van der Waals surface area contributed by atoms with Gasteiger partial charge in [0.05, 0.1) is 9.47 Å². The summed E-state index contributed by atoms with van der Waals surface area (Å²) in [7, 11) is -2.01. The number of nitrogens with one attached hydrogen (secondary N) is 2. The maximum atomic E-state index is 13.2. The van der Waals surface area contributed by atoms with E-state index >= 15 is 0 Å². The summed E-state index contributed by atoms with van der Waals surface area (Å²) in [6.45, 7) is 0.572. The Bertz CT molecular complexity index is 763. The summed E-state index contributed by atoms with van der Waals surface area (Å²) in [6.07, 6.45) is 0. The third-order valence-corrected chi connectivity index (χ3v) is 6.83. The molecular formula is C12H11Br2FN2O2S2. The molecule has 0 aliphatic rings. The molecule has 1 aromatic heterocycles. The summed E-state index contributed by atoms with van der Waals surface area (Å²) in [5.74, 6) is -0.517. The standard InChI is InChI=1S/C12H11Br2FN2O2S2/c1-16-6-8-5-11(12(14)20-8)21(18,19)17-10-4-7(15)2-3-9(10)13/h2-5,16-17H,6H2,1H3. The molecule has 9 heteroatoms. The van der Waals surface area contributed by atoms with Crippen molar-refractivity contribution in [1.82, 2.24) is 5.32 Å². The van der Waals surface area contributed by atoms with Gasteiger partial charge in [-0.15, -0.1) is 11.3 Å². The molecule has 2 N–H and O–H groups in total. The summed E-state index contributed by atoms with van der Waals surface area (Å²) < 4.78 is 41.4. The average molecular weight is 458 g/mol. The highest BCUT2D eigenvalue weighted by atomic mass is 79.9. The summed E-state index contributed by atoms with van der Waals surface area (Å²) >= 11 is 7.78. The van der Waals surface area contributed by atoms with Gasteiger partial charge in [-0.1, -0.05) is 0 Å². The van der Waals surface area contributed by atoms with Crippen molar-refractivity contribution in [2.45, 2.75) is 11.4 Å². The minimum Gasteiger partial charge on any atom is -0.315 e. The molecule has 0 fully saturated rings. The SMILES string of the molecule is CNCc1cc(S(=O)(=O)Nc2cc(F)ccc2Br)c(Br)s1. The number of sulfonamides is 1. The molecular weight excluding hydrogens is 447 g/mol. The van der Waals surface area contributed by atoms with Crippen LogP contribution in [0.5, 0.6) is 0 Å². The zero-order chi connectivity index (χ0) is 15.6. The third kappa shape index (κ3) is 4.04. The first-order valence-electron chi connectivity index (χ1n) is 5.74. The largest absolute Gasteiger partial charge is 0.315 e. The van der Waals surface area contributed by atoms with Crippen LogP contribution in [0.4, 0.5) is 10.1 Å². The molecule has 114 valence electrons. The lowest BCUT2D eigenvalue weighted by atomic mass is 10.3. The van der Waals surface area contributed by atoms with Crippen LogP contribution in [0, 0.1) is 5.82 Å². The molecule has 0 unspecified atom stereocenters. The van der Waals surface area contributed by atoms with Crippen LogP contribution < -0.4 is 10.0 Å². The second kappa shape index (κ2) is 6.74. The normalized spacial score (nSPS) is 11.6. The Morgan fingerprint density at radius 1 is 1.29 bits per heavy atom. The Morgan fingerprint density at radius 2 is 2.00 bits per heavy atom. The first-order valence-corrected chi connectivity index (χ1v) is 9.62. The van der Waals surface area contributed by atoms with E-state index in [1.807, 2.05) is 0 Å². The Labute approximate surface area is 143 Å². The molecule has 1 heterocycles. The number of rotatable bonds is 5. The van der Waals surface area contributed by atoms with E-state index < -0.39 is 15.8 Å². The van der Waals surface area contributed by atoms with Crippen molar-refractivity contribution >= 4 is 58.9 Å². The number of hydrogen-bond donors (Lipinski definition) is 2. The van der Waals surface area contributed by atoms with E-state index in [9.17, 15) is 12.8 Å². The zero-order valence-electron chi connectivity index (χ0n) is 10.8. The molecule has 2 rings (SSSR count). The van der Waals surface area contributed by atoms with Gasteiger partial charge in [0.2, 0.25) is 0 Å². The molecule has 0 saturated carbocycles. The van der Waals surface area contributed by atoms with Crippen molar-refractivity contribution in [2.24, 2.45) is 0 Å². The molecule has 4 nitrogen and oxygen atoms in total. The molecule has 0 radical (unpaired) electrons. The van der Waals surface area contributed by atoms with Gasteiger partial charge in [-0.25, -0.2) is 12.8 Å². The van der Waals surface area contributed by atoms with Gasteiger partial charge >= 0.3 is 0 Å². The first-order chi connectivity index (χ1) is 9.83. The summed E-state index contributed by atoms with van der Waals surface area (Å²) in [6, 6.07) is 5.40. The van der Waals surface area contributed by atoms with E-state index in [-0.39, 0.29) is 10.6 Å². The first kappa shape index (κ1) is 16.9. The Morgan fingerprint density at radius 3 is 2.67 bits per heavy atom. The van der Waals surface area contributed by atoms with Crippen LogP contribution in [-0.4, -0.2) is 15.5 Å². The molecule has 0 spiro atoms. The molecule has 2 aromatic rings. The second-order valence-corrected chi connectivity index (χ2v) is 9.07. The molecule has 0 atom stereocenters. The van der Waals surface area contributed by atoms with E-state index in [1.165, 1.54) is 23.5 Å². The summed E-state index contributed by atoms with van der Waals surface area (Å²) in [4.78, 5) is 1.01. The fraction of sp³-hybridized carbons (Fsp3) is 0.167. The predicted octanol–water partition coefficient (Wildman–Crippen LogP) is 3.93. The minimum absolute atomic E-state index is 0.133. The second-order valence-electron chi connectivity index (χ2n) is 4.11. The highest BCUT2D eigenvalue weighted by Crippen LogP contribution is 2.34. The molecule has 0 aliphatic heterocycles. The number of thiophene rings is 1. The summed E-state index contributed by atoms with van der Waals surface area (Å²) in [5, 5.41) is 2.96. The van der Waals surface area contributed by atoms with Gasteiger partial charge in [0, 0.05) is 15.9 Å². The molecule has 0 aliphatic carbocycles. The van der Waals surface area contributed by atoms with Crippen LogP contribution in [0.15, 0.2) is 37.4 Å². The van der Waals surface area contributed by atoms with Crippen LogP contribution in [0.25, 0.3) is 0 Å². The smallest absolute Gasteiger partial charge is 0.263 e. The van der Waals surface area contributed by atoms with Gasteiger partial charge < -0.3 is 5.32 Å². The predicted molar refractivity (Wildman–Crippen MR) is 89.7 cm³/mol. The monoisotopic (exact) mass is 456 g/mol. The maximum absolute atomic E-state index is 13.2. The van der Waals surface area contributed by atoms with Crippen LogP contribution in [0.1, 0.15) is 4.88 Å². The summed E-state index contributed by atoms with van der Waals surface area (Å²) in [5.41, 5.74) is 0.156. The maximum Gasteiger partial charge on any atom is 0.263 e. The topological polar surface area (TPSA) is 58.2 Å². The van der Waals surface area contributed by atoms with E-state index in [4.69, 9.17) is 0 Å². The Kier molecular flexibility index (Phi) is 5.42. The van der Waals surface area contributed by atoms with Crippen LogP contribution in [0.2, 0.25) is 0 Å². The van der Waals surface area contributed by atoms with Gasteiger partial charge in [0.25, 0.3) is 10.0 Å². The van der Waals surface area contributed by atoms with E-state index in [1.54, 1.807) is 13.1 Å². The number of benzene rings is 1. The molecule has 21 heavy (non-hydrogen) atoms. The van der Waals surface area contributed by atoms with Gasteiger partial charge in [-0.2, -0.15) is 0 Å². The van der Waals surface area contributed by atoms with E-state index in [0.717, 1.165) is 10.9 Å². The van der Waals surface area contributed by atoms with Crippen molar-refractivity contribution < 1.29 is 12.8 Å². The van der Waals surface area contributed by atoms with Crippen molar-refractivity contribution in [3.05, 3.63) is 43.2 Å². The number of halogens is 3. The number of hydrogen-bond acceptors (Lipinski definition) is 4. The van der Waals surface area contributed by atoms with Gasteiger partial charge in [0.1, 0.15) is 10.7 Å². The molecule has 0 bridgehead atoms. The highest BCUT2D eigenvalue weighted by molar-refractivity contribution is 9.11. The fourth-order valence-corrected chi connectivity index (χ4v) is 5.86. The van der Waals surface area contributed by atoms with Crippen LogP contribution in [0.3, 0.4) is 0 Å².